The zero-order valence-electron chi connectivity index (χ0n) is 13.3. The summed E-state index contributed by atoms with van der Waals surface area (Å²) < 4.78 is 6.74. The molecule has 5 nitrogen and oxygen atoms in total. The van der Waals surface area contributed by atoms with Gasteiger partial charge in [0.25, 0.3) is 0 Å². The molecule has 0 bridgehead atoms. The minimum atomic E-state index is -0.385. The molecule has 0 aliphatic rings. The van der Waals surface area contributed by atoms with Crippen molar-refractivity contribution in [1.29, 1.82) is 0 Å². The van der Waals surface area contributed by atoms with Crippen LogP contribution >= 0.6 is 11.8 Å². The fourth-order valence-electron chi connectivity index (χ4n) is 2.52. The van der Waals surface area contributed by atoms with E-state index in [0.717, 1.165) is 16.1 Å². The highest BCUT2D eigenvalue weighted by atomic mass is 32.2. The summed E-state index contributed by atoms with van der Waals surface area (Å²) in [5.41, 5.74) is 2.11. The number of aromatic nitrogens is 1. The monoisotopic (exact) mass is 342 g/mol. The second-order valence-corrected chi connectivity index (χ2v) is 6.25. The normalized spacial score (nSPS) is 10.9. The number of carbonyl (C=O) groups is 1. The largest absolute Gasteiger partial charge is 0.419 e. The summed E-state index contributed by atoms with van der Waals surface area (Å²) in [5, 5.41) is 2.87. The van der Waals surface area contributed by atoms with Crippen LogP contribution in [0.15, 0.2) is 62.6 Å². The lowest BCUT2D eigenvalue weighted by molar-refractivity contribution is -0.116. The number of nitrogens with one attached hydrogen (secondary N) is 1. The molecule has 1 heterocycles. The van der Waals surface area contributed by atoms with Gasteiger partial charge in [0.05, 0.1) is 5.52 Å². The molecular formula is C18H18N2O3S. The predicted molar refractivity (Wildman–Crippen MR) is 96.6 cm³/mol. The minimum Gasteiger partial charge on any atom is -0.408 e. The number of anilines is 1. The van der Waals surface area contributed by atoms with Gasteiger partial charge >= 0.3 is 5.76 Å². The predicted octanol–water partition coefficient (Wildman–Crippen LogP) is 3.74. The zero-order chi connectivity index (χ0) is 16.9. The maximum atomic E-state index is 12.0. The van der Waals surface area contributed by atoms with Crippen molar-refractivity contribution >= 4 is 34.5 Å². The van der Waals surface area contributed by atoms with Crippen LogP contribution in [0.1, 0.15) is 12.8 Å². The number of para-hydroxylation sites is 2. The van der Waals surface area contributed by atoms with Gasteiger partial charge in [-0.3, -0.25) is 9.36 Å². The molecule has 0 radical (unpaired) electrons. The first-order valence-electron chi connectivity index (χ1n) is 7.69. The van der Waals surface area contributed by atoms with Crippen molar-refractivity contribution in [2.45, 2.75) is 24.3 Å². The van der Waals surface area contributed by atoms with Gasteiger partial charge < -0.3 is 9.73 Å². The molecule has 0 aliphatic carbocycles. The Morgan fingerprint density at radius 2 is 1.92 bits per heavy atom. The summed E-state index contributed by atoms with van der Waals surface area (Å²) in [6, 6.07) is 15.0. The molecular weight excluding hydrogens is 324 g/mol. The molecule has 0 unspecified atom stereocenters. The van der Waals surface area contributed by atoms with Crippen molar-refractivity contribution in [3.05, 3.63) is 59.1 Å². The van der Waals surface area contributed by atoms with Gasteiger partial charge in [-0.05, 0) is 49.1 Å². The Labute approximate surface area is 143 Å². The van der Waals surface area contributed by atoms with Crippen molar-refractivity contribution in [3.63, 3.8) is 0 Å². The molecule has 6 heteroatoms. The molecule has 0 spiro atoms. The summed E-state index contributed by atoms with van der Waals surface area (Å²) in [7, 11) is 0. The Kier molecular flexibility index (Phi) is 5.05. The molecule has 1 amide bonds. The third-order valence-electron chi connectivity index (χ3n) is 3.73. The quantitative estimate of drug-likeness (QED) is 0.693. The van der Waals surface area contributed by atoms with Gasteiger partial charge in [-0.15, -0.1) is 11.8 Å². The number of fused-ring (bicyclic) bond motifs is 1. The number of hydrogen-bond donors (Lipinski definition) is 1. The van der Waals surface area contributed by atoms with Crippen LogP contribution in [0, 0.1) is 0 Å². The molecule has 0 aliphatic heterocycles. The fraction of sp³-hybridized carbons (Fsp3) is 0.222. The van der Waals surface area contributed by atoms with Crippen LogP contribution in [0.5, 0.6) is 0 Å². The van der Waals surface area contributed by atoms with Crippen molar-refractivity contribution in [3.8, 4) is 0 Å². The van der Waals surface area contributed by atoms with E-state index in [4.69, 9.17) is 4.42 Å². The lowest BCUT2D eigenvalue weighted by Gasteiger charge is -2.06. The Bertz CT molecular complexity index is 897. The van der Waals surface area contributed by atoms with Gasteiger partial charge in [-0.2, -0.15) is 0 Å². The molecule has 2 aromatic carbocycles. The number of aryl methyl sites for hydroxylation is 1. The molecule has 0 saturated heterocycles. The summed E-state index contributed by atoms with van der Waals surface area (Å²) in [6.45, 7) is 0.453. The number of hydrogen-bond acceptors (Lipinski definition) is 4. The van der Waals surface area contributed by atoms with Crippen molar-refractivity contribution in [2.75, 3.05) is 11.6 Å². The summed E-state index contributed by atoms with van der Waals surface area (Å²) in [5.74, 6) is -0.447. The number of thioether (sulfide) groups is 1. The van der Waals surface area contributed by atoms with Crippen LogP contribution in [0.4, 0.5) is 5.69 Å². The molecule has 124 valence electrons. The van der Waals surface area contributed by atoms with Crippen molar-refractivity contribution in [1.82, 2.24) is 4.57 Å². The van der Waals surface area contributed by atoms with E-state index in [9.17, 15) is 9.59 Å². The third kappa shape index (κ3) is 3.71. The number of nitrogens with zero attached hydrogens (tertiary/aromatic N) is 1. The van der Waals surface area contributed by atoms with E-state index >= 15 is 0 Å². The first-order chi connectivity index (χ1) is 11.7. The maximum Gasteiger partial charge on any atom is 0.419 e. The van der Waals surface area contributed by atoms with Gasteiger partial charge in [0.15, 0.2) is 5.58 Å². The first kappa shape index (κ1) is 16.4. The SMILES string of the molecule is CSc1ccc(NC(=O)CCCn2c(=O)oc3ccccc32)cc1. The van der Waals surface area contributed by atoms with E-state index < -0.39 is 0 Å². The van der Waals surface area contributed by atoms with E-state index in [1.807, 2.05) is 48.7 Å². The molecule has 0 atom stereocenters. The van der Waals surface area contributed by atoms with E-state index in [0.29, 0.717) is 25.0 Å². The smallest absolute Gasteiger partial charge is 0.408 e. The lowest BCUT2D eigenvalue weighted by Crippen LogP contribution is -2.17. The first-order valence-corrected chi connectivity index (χ1v) is 8.92. The van der Waals surface area contributed by atoms with Gasteiger partial charge in [-0.1, -0.05) is 12.1 Å². The molecule has 1 aromatic heterocycles. The molecule has 0 saturated carbocycles. The Hall–Kier alpha value is -2.47. The van der Waals surface area contributed by atoms with Crippen molar-refractivity contribution < 1.29 is 9.21 Å². The van der Waals surface area contributed by atoms with Crippen LogP contribution in [-0.4, -0.2) is 16.7 Å². The third-order valence-corrected chi connectivity index (χ3v) is 4.48. The van der Waals surface area contributed by atoms with E-state index in [-0.39, 0.29) is 11.7 Å². The van der Waals surface area contributed by atoms with E-state index in [2.05, 4.69) is 5.32 Å². The summed E-state index contributed by atoms with van der Waals surface area (Å²) in [4.78, 5) is 25.0. The highest BCUT2D eigenvalue weighted by Gasteiger charge is 2.09. The summed E-state index contributed by atoms with van der Waals surface area (Å²) >= 11 is 1.66. The van der Waals surface area contributed by atoms with Crippen LogP contribution in [0.3, 0.4) is 0 Å². The Morgan fingerprint density at radius 3 is 2.67 bits per heavy atom. The molecule has 3 rings (SSSR count). The van der Waals surface area contributed by atoms with Crippen molar-refractivity contribution in [2.24, 2.45) is 0 Å². The molecule has 1 N–H and O–H groups in total. The van der Waals surface area contributed by atoms with Crippen LogP contribution in [-0.2, 0) is 11.3 Å². The zero-order valence-corrected chi connectivity index (χ0v) is 14.1. The standard InChI is InChI=1S/C18H18N2O3S/c1-24-14-10-8-13(9-11-14)19-17(21)7-4-12-20-15-5-2-3-6-16(15)23-18(20)22/h2-3,5-6,8-11H,4,7,12H2,1H3,(H,19,21). The van der Waals surface area contributed by atoms with Gasteiger partial charge in [0, 0.05) is 23.5 Å². The molecule has 0 fully saturated rings. The van der Waals surface area contributed by atoms with Crippen LogP contribution in [0.2, 0.25) is 0 Å². The van der Waals surface area contributed by atoms with Crippen LogP contribution in [0.25, 0.3) is 11.1 Å². The highest BCUT2D eigenvalue weighted by molar-refractivity contribution is 7.98. The minimum absolute atomic E-state index is 0.0623. The summed E-state index contributed by atoms with van der Waals surface area (Å²) in [6.07, 6.45) is 2.92. The molecule has 3 aromatic rings. The Balaban J connectivity index is 1.56. The number of amides is 1. The van der Waals surface area contributed by atoms with Gasteiger partial charge in [-0.25, -0.2) is 4.79 Å². The number of rotatable bonds is 6. The second kappa shape index (κ2) is 7.40. The van der Waals surface area contributed by atoms with Gasteiger partial charge in [0.1, 0.15) is 0 Å². The average Bonchev–Trinajstić information content (AvgIpc) is 2.91. The van der Waals surface area contributed by atoms with E-state index in [1.54, 1.807) is 22.4 Å². The molecule has 24 heavy (non-hydrogen) atoms. The topological polar surface area (TPSA) is 64.2 Å². The van der Waals surface area contributed by atoms with Gasteiger partial charge in [0.2, 0.25) is 5.91 Å². The number of carbonyl (C=O) groups excluding carboxylic acids is 1. The second-order valence-electron chi connectivity index (χ2n) is 5.37. The lowest BCUT2D eigenvalue weighted by atomic mass is 10.2. The van der Waals surface area contributed by atoms with Crippen LogP contribution < -0.4 is 11.1 Å². The average molecular weight is 342 g/mol. The number of oxazole rings is 1. The number of benzene rings is 2. The van der Waals surface area contributed by atoms with E-state index in [1.165, 1.54) is 0 Å². The fourth-order valence-corrected chi connectivity index (χ4v) is 2.93. The highest BCUT2D eigenvalue weighted by Crippen LogP contribution is 2.18. The Morgan fingerprint density at radius 1 is 1.17 bits per heavy atom. The maximum absolute atomic E-state index is 12.0.